The first-order valence-corrected chi connectivity index (χ1v) is 7.77. The first-order chi connectivity index (χ1) is 11.1. The maximum atomic E-state index is 13.4. The van der Waals surface area contributed by atoms with E-state index in [0.717, 1.165) is 38.1 Å². The smallest absolute Gasteiger partial charge is 0.257 e. The van der Waals surface area contributed by atoms with Crippen LogP contribution in [0.5, 0.6) is 0 Å². The molecule has 24 heavy (non-hydrogen) atoms. The zero-order valence-corrected chi connectivity index (χ0v) is 14.1. The van der Waals surface area contributed by atoms with Crippen LogP contribution in [0.25, 0.3) is 0 Å². The highest BCUT2D eigenvalue weighted by atomic mass is 35.5. The van der Waals surface area contributed by atoms with Crippen LogP contribution < -0.4 is 16.0 Å². The van der Waals surface area contributed by atoms with Crippen LogP contribution in [0.15, 0.2) is 18.2 Å². The van der Waals surface area contributed by atoms with Crippen molar-refractivity contribution in [3.8, 4) is 0 Å². The summed E-state index contributed by atoms with van der Waals surface area (Å²) < 4.78 is 26.8. The summed E-state index contributed by atoms with van der Waals surface area (Å²) in [6.45, 7) is 2.30. The standard InChI is InChI=1S/C16H21F2N3O2.ClH/c17-12-2-1-3-13(18)15(12)16(23)21-9-8-20-14(22)5-4-11-6-7-19-10-11;/h1-3,11,19H,4-10H2,(H,20,22)(H,21,23);1H. The second-order valence-corrected chi connectivity index (χ2v) is 5.60. The highest BCUT2D eigenvalue weighted by molar-refractivity contribution is 5.94. The number of carbonyl (C=O) groups excluding carboxylic acids is 2. The van der Waals surface area contributed by atoms with Gasteiger partial charge in [-0.05, 0) is 44.0 Å². The zero-order chi connectivity index (χ0) is 16.7. The molecule has 1 unspecified atom stereocenters. The minimum atomic E-state index is -0.906. The quantitative estimate of drug-likeness (QED) is 0.646. The lowest BCUT2D eigenvalue weighted by molar-refractivity contribution is -0.121. The van der Waals surface area contributed by atoms with Crippen molar-refractivity contribution in [2.45, 2.75) is 19.3 Å². The molecule has 0 radical (unpaired) electrons. The van der Waals surface area contributed by atoms with Gasteiger partial charge in [-0.3, -0.25) is 9.59 Å². The molecule has 8 heteroatoms. The third-order valence-electron chi connectivity index (χ3n) is 3.86. The predicted octanol–water partition coefficient (Wildman–Crippen LogP) is 1.62. The minimum absolute atomic E-state index is 0. The maximum absolute atomic E-state index is 13.4. The van der Waals surface area contributed by atoms with E-state index in [4.69, 9.17) is 0 Å². The van der Waals surface area contributed by atoms with Crippen molar-refractivity contribution in [1.29, 1.82) is 0 Å². The van der Waals surface area contributed by atoms with Crippen LogP contribution in [0.2, 0.25) is 0 Å². The predicted molar refractivity (Wildman–Crippen MR) is 89.2 cm³/mol. The van der Waals surface area contributed by atoms with Gasteiger partial charge in [-0.1, -0.05) is 6.07 Å². The molecule has 0 saturated carbocycles. The maximum Gasteiger partial charge on any atom is 0.257 e. The first kappa shape index (κ1) is 20.3. The third-order valence-corrected chi connectivity index (χ3v) is 3.86. The molecule has 1 heterocycles. The molecule has 134 valence electrons. The molecule has 1 aromatic rings. The van der Waals surface area contributed by atoms with Gasteiger partial charge in [0, 0.05) is 19.5 Å². The average molecular weight is 362 g/mol. The van der Waals surface area contributed by atoms with Gasteiger partial charge in [-0.25, -0.2) is 8.78 Å². The number of hydrogen-bond acceptors (Lipinski definition) is 3. The molecule has 1 aromatic carbocycles. The summed E-state index contributed by atoms with van der Waals surface area (Å²) in [5.41, 5.74) is -0.604. The van der Waals surface area contributed by atoms with E-state index in [9.17, 15) is 18.4 Å². The Kier molecular flexibility index (Phi) is 8.63. The average Bonchev–Trinajstić information content (AvgIpc) is 3.03. The van der Waals surface area contributed by atoms with Crippen molar-refractivity contribution in [2.75, 3.05) is 26.2 Å². The van der Waals surface area contributed by atoms with E-state index in [1.165, 1.54) is 6.07 Å². The van der Waals surface area contributed by atoms with Gasteiger partial charge in [0.1, 0.15) is 17.2 Å². The van der Waals surface area contributed by atoms with Gasteiger partial charge < -0.3 is 16.0 Å². The molecule has 1 saturated heterocycles. The van der Waals surface area contributed by atoms with Crippen LogP contribution in [-0.4, -0.2) is 38.0 Å². The molecule has 1 aliphatic rings. The SMILES string of the molecule is Cl.O=C(CCC1CCNC1)NCCNC(=O)c1c(F)cccc1F. The Bertz CT molecular complexity index is 546. The van der Waals surface area contributed by atoms with Gasteiger partial charge >= 0.3 is 0 Å². The summed E-state index contributed by atoms with van der Waals surface area (Å²) in [7, 11) is 0. The molecular formula is C16H22ClF2N3O2. The Morgan fingerprint density at radius 1 is 1.17 bits per heavy atom. The van der Waals surface area contributed by atoms with Crippen LogP contribution >= 0.6 is 12.4 Å². The number of benzene rings is 1. The summed E-state index contributed by atoms with van der Waals surface area (Å²) in [6, 6.07) is 3.25. The molecule has 1 atom stereocenters. The molecule has 1 fully saturated rings. The summed E-state index contributed by atoms with van der Waals surface area (Å²) >= 11 is 0. The Hall–Kier alpha value is -1.73. The van der Waals surface area contributed by atoms with Crippen molar-refractivity contribution in [3.05, 3.63) is 35.4 Å². The molecule has 2 amide bonds. The van der Waals surface area contributed by atoms with E-state index in [0.29, 0.717) is 12.3 Å². The molecule has 0 aromatic heterocycles. The fraction of sp³-hybridized carbons (Fsp3) is 0.500. The number of nitrogens with one attached hydrogen (secondary N) is 3. The Balaban J connectivity index is 0.00000288. The summed E-state index contributed by atoms with van der Waals surface area (Å²) in [6.07, 6.45) is 2.38. The van der Waals surface area contributed by atoms with Gasteiger partial charge in [-0.2, -0.15) is 0 Å². The van der Waals surface area contributed by atoms with E-state index in [2.05, 4.69) is 16.0 Å². The number of rotatable bonds is 7. The van der Waals surface area contributed by atoms with E-state index < -0.39 is 23.1 Å². The third kappa shape index (κ3) is 6.05. The van der Waals surface area contributed by atoms with Gasteiger partial charge in [0.15, 0.2) is 0 Å². The molecule has 1 aliphatic heterocycles. The van der Waals surface area contributed by atoms with Crippen molar-refractivity contribution in [2.24, 2.45) is 5.92 Å². The second-order valence-electron chi connectivity index (χ2n) is 5.60. The highest BCUT2D eigenvalue weighted by Crippen LogP contribution is 2.14. The van der Waals surface area contributed by atoms with Gasteiger partial charge in [0.2, 0.25) is 5.91 Å². The number of amides is 2. The molecule has 2 rings (SSSR count). The van der Waals surface area contributed by atoms with Crippen LogP contribution in [0.3, 0.4) is 0 Å². The Morgan fingerprint density at radius 3 is 2.46 bits per heavy atom. The van der Waals surface area contributed by atoms with E-state index in [-0.39, 0.29) is 31.4 Å². The van der Waals surface area contributed by atoms with Gasteiger partial charge in [0.05, 0.1) is 0 Å². The fourth-order valence-electron chi connectivity index (χ4n) is 2.57. The van der Waals surface area contributed by atoms with Crippen molar-refractivity contribution >= 4 is 24.2 Å². The first-order valence-electron chi connectivity index (χ1n) is 7.77. The lowest BCUT2D eigenvalue weighted by Crippen LogP contribution is -2.35. The lowest BCUT2D eigenvalue weighted by atomic mass is 10.0. The highest BCUT2D eigenvalue weighted by Gasteiger charge is 2.17. The zero-order valence-electron chi connectivity index (χ0n) is 13.2. The molecule has 0 bridgehead atoms. The fourth-order valence-corrected chi connectivity index (χ4v) is 2.57. The van der Waals surface area contributed by atoms with Crippen LogP contribution in [-0.2, 0) is 4.79 Å². The van der Waals surface area contributed by atoms with E-state index in [1.54, 1.807) is 0 Å². The number of carbonyl (C=O) groups is 2. The number of halogens is 3. The molecule has 3 N–H and O–H groups in total. The summed E-state index contributed by atoms with van der Waals surface area (Å²) in [5.74, 6) is -2.17. The van der Waals surface area contributed by atoms with E-state index in [1.807, 2.05) is 0 Å². The second kappa shape index (κ2) is 10.2. The topological polar surface area (TPSA) is 70.2 Å². The van der Waals surface area contributed by atoms with E-state index >= 15 is 0 Å². The van der Waals surface area contributed by atoms with Crippen LogP contribution in [0.1, 0.15) is 29.6 Å². The lowest BCUT2D eigenvalue weighted by Gasteiger charge is -2.10. The normalized spacial score (nSPS) is 16.3. The molecule has 0 spiro atoms. The minimum Gasteiger partial charge on any atom is -0.354 e. The van der Waals surface area contributed by atoms with Crippen LogP contribution in [0, 0.1) is 17.6 Å². The molecular weight excluding hydrogens is 340 g/mol. The summed E-state index contributed by atoms with van der Waals surface area (Å²) in [4.78, 5) is 23.4. The number of hydrogen-bond donors (Lipinski definition) is 3. The van der Waals surface area contributed by atoms with Gasteiger partial charge in [0.25, 0.3) is 5.91 Å². The Labute approximate surface area is 146 Å². The monoisotopic (exact) mass is 361 g/mol. The van der Waals surface area contributed by atoms with Crippen LogP contribution in [0.4, 0.5) is 8.78 Å². The largest absolute Gasteiger partial charge is 0.354 e. The van der Waals surface area contributed by atoms with Gasteiger partial charge in [-0.15, -0.1) is 12.4 Å². The van der Waals surface area contributed by atoms with Crippen molar-refractivity contribution in [1.82, 2.24) is 16.0 Å². The molecule has 5 nitrogen and oxygen atoms in total. The summed E-state index contributed by atoms with van der Waals surface area (Å²) in [5, 5.41) is 8.32. The molecule has 0 aliphatic carbocycles. The Morgan fingerprint density at radius 2 is 1.83 bits per heavy atom. The van der Waals surface area contributed by atoms with Crippen molar-refractivity contribution < 1.29 is 18.4 Å². The van der Waals surface area contributed by atoms with Crippen molar-refractivity contribution in [3.63, 3.8) is 0 Å².